The molecule has 0 spiro atoms. The summed E-state index contributed by atoms with van der Waals surface area (Å²) >= 11 is -1.66. The Hall–Kier alpha value is -0.916. The Kier molecular flexibility index (Phi) is 9.83. The minimum absolute atomic E-state index is 0. The maximum absolute atomic E-state index is 4.91. The van der Waals surface area contributed by atoms with Crippen LogP contribution in [-0.2, 0) is 17.4 Å². The van der Waals surface area contributed by atoms with Gasteiger partial charge in [-0.1, -0.05) is 0 Å². The van der Waals surface area contributed by atoms with E-state index in [0.29, 0.717) is 8.45 Å². The van der Waals surface area contributed by atoms with Crippen LogP contribution in [0.15, 0.2) is 60.7 Å². The van der Waals surface area contributed by atoms with Gasteiger partial charge in [0.1, 0.15) is 0 Å². The number of hydrogen-bond acceptors (Lipinski definition) is 0. The Bertz CT molecular complexity index is 866. The molecule has 0 radical (unpaired) electrons. The van der Waals surface area contributed by atoms with Gasteiger partial charge in [-0.15, -0.1) is 0 Å². The van der Waals surface area contributed by atoms with Crippen molar-refractivity contribution in [3.8, 4) is 0 Å². The average molecular weight is 475 g/mol. The molecule has 0 bridgehead atoms. The summed E-state index contributed by atoms with van der Waals surface area (Å²) in [5.41, 5.74) is 9.31. The zero-order valence-corrected chi connectivity index (χ0v) is 21.2. The summed E-state index contributed by atoms with van der Waals surface area (Å²) in [5.74, 6) is 0. The van der Waals surface area contributed by atoms with Crippen LogP contribution < -0.4 is 24.8 Å². The average Bonchev–Trinajstić information content (AvgIpc) is 3.29. The minimum atomic E-state index is -1.66. The van der Waals surface area contributed by atoms with Crippen molar-refractivity contribution in [1.82, 2.24) is 0 Å². The Morgan fingerprint density at radius 2 is 1.10 bits per heavy atom. The zero-order chi connectivity index (χ0) is 19.5. The number of benzene rings is 2. The second kappa shape index (κ2) is 11.6. The van der Waals surface area contributed by atoms with Gasteiger partial charge >= 0.3 is 177 Å². The smallest absolute Gasteiger partial charge is 1.00 e. The summed E-state index contributed by atoms with van der Waals surface area (Å²) in [6, 6.07) is 18.3. The number of unbranched alkanes of at least 4 members (excludes halogenated alkanes) is 2. The fourth-order valence-corrected chi connectivity index (χ4v) is 8.80. The van der Waals surface area contributed by atoms with Crippen molar-refractivity contribution in [3.63, 3.8) is 0 Å². The summed E-state index contributed by atoms with van der Waals surface area (Å²) in [4.78, 5) is 4.91. The molecule has 0 saturated carbocycles. The van der Waals surface area contributed by atoms with Crippen molar-refractivity contribution in [1.29, 1.82) is 0 Å². The molecule has 2 aromatic rings. The quantitative estimate of drug-likeness (QED) is 0.511. The molecule has 0 fully saturated rings. The van der Waals surface area contributed by atoms with E-state index in [9.17, 15) is 0 Å². The van der Waals surface area contributed by atoms with Crippen LogP contribution in [-0.4, -0.2) is 4.82 Å². The van der Waals surface area contributed by atoms with E-state index in [2.05, 4.69) is 74.5 Å². The largest absolute Gasteiger partial charge is 1.00 e. The van der Waals surface area contributed by atoms with E-state index in [1.807, 2.05) is 0 Å². The van der Waals surface area contributed by atoms with E-state index >= 15 is 0 Å². The molecule has 0 amide bonds. The molecule has 158 valence electrons. The summed E-state index contributed by atoms with van der Waals surface area (Å²) < 4.78 is 1.17. The van der Waals surface area contributed by atoms with Gasteiger partial charge in [-0.05, 0) is 0 Å². The molecule has 2 aliphatic carbocycles. The maximum atomic E-state index is 4.91. The first-order valence-electron chi connectivity index (χ1n) is 11.0. The molecule has 2 unspecified atom stereocenters. The molecule has 0 heterocycles. The van der Waals surface area contributed by atoms with Crippen molar-refractivity contribution in [2.45, 2.75) is 60.8 Å². The monoisotopic (exact) mass is 474 g/mol. The van der Waals surface area contributed by atoms with Crippen LogP contribution in [0.25, 0.3) is 11.1 Å². The first-order chi connectivity index (χ1) is 13.7. The third-order valence-electron chi connectivity index (χ3n) is 6.42. The molecule has 4 rings (SSSR count). The van der Waals surface area contributed by atoms with Gasteiger partial charge in [-0.2, -0.15) is 0 Å². The summed E-state index contributed by atoms with van der Waals surface area (Å²) in [7, 11) is 0. The summed E-state index contributed by atoms with van der Waals surface area (Å²) in [6.45, 7) is 4.58. The number of rotatable bonds is 8. The standard InChI is InChI=1S/2C13H15.CH2.2ClH.Ti/c2*1-2-3-6-11-9-10-12-7-4-5-8-13(11)12;;;;/h2*4-5,7-10H,2-3,6H2,1H3;1H2;2*1H;/q;;;;;+2/p-2. The minimum Gasteiger partial charge on any atom is -1.00 e. The third-order valence-corrected chi connectivity index (χ3v) is 10.4. The molecule has 2 aliphatic rings. The van der Waals surface area contributed by atoms with Crippen molar-refractivity contribution in [3.05, 3.63) is 82.9 Å². The van der Waals surface area contributed by atoms with Gasteiger partial charge in [0.2, 0.25) is 0 Å². The molecular formula is C27H32Cl2Ti. The number of fused-ring (bicyclic) bond motifs is 2. The fourth-order valence-electron chi connectivity index (χ4n) is 4.86. The van der Waals surface area contributed by atoms with E-state index in [1.165, 1.54) is 49.7 Å². The molecular weight excluding hydrogens is 443 g/mol. The van der Waals surface area contributed by atoms with Gasteiger partial charge in [-0.3, -0.25) is 0 Å². The second-order valence-electron chi connectivity index (χ2n) is 8.30. The predicted octanol–water partition coefficient (Wildman–Crippen LogP) is 1.70. The number of halogens is 2. The van der Waals surface area contributed by atoms with Gasteiger partial charge in [0.05, 0.1) is 0 Å². The first-order valence-corrected chi connectivity index (χ1v) is 13.9. The van der Waals surface area contributed by atoms with Crippen LogP contribution in [0.5, 0.6) is 0 Å². The number of hydrogen-bond donors (Lipinski definition) is 0. The SMILES string of the molecule is [CH2]=[Ti+2]([CH]1C=C(CCCC)c2ccccc21)[CH]1C=C(CCCC)c2ccccc21.[Cl-].[Cl-]. The van der Waals surface area contributed by atoms with Crippen LogP contribution in [0.2, 0.25) is 0 Å². The first kappa shape index (κ1) is 25.3. The van der Waals surface area contributed by atoms with E-state index < -0.39 is 17.4 Å². The molecule has 0 saturated heterocycles. The Balaban J connectivity index is 0.00000160. The Labute approximate surface area is 201 Å². The van der Waals surface area contributed by atoms with Crippen LogP contribution in [0, 0.1) is 0 Å². The van der Waals surface area contributed by atoms with Crippen molar-refractivity contribution in [2.75, 3.05) is 0 Å². The van der Waals surface area contributed by atoms with Crippen LogP contribution in [0.3, 0.4) is 0 Å². The Morgan fingerprint density at radius 3 is 1.50 bits per heavy atom. The molecule has 0 N–H and O–H groups in total. The van der Waals surface area contributed by atoms with Crippen LogP contribution >= 0.6 is 0 Å². The van der Waals surface area contributed by atoms with E-state index in [1.54, 1.807) is 22.3 Å². The normalized spacial score (nSPS) is 18.2. The molecule has 0 nitrogen and oxygen atoms in total. The summed E-state index contributed by atoms with van der Waals surface area (Å²) in [6.07, 6.45) is 12.8. The van der Waals surface area contributed by atoms with Crippen molar-refractivity contribution >= 4 is 16.0 Å². The van der Waals surface area contributed by atoms with Gasteiger partial charge < -0.3 is 24.8 Å². The Morgan fingerprint density at radius 1 is 0.700 bits per heavy atom. The second-order valence-corrected chi connectivity index (χ2v) is 12.0. The van der Waals surface area contributed by atoms with Gasteiger partial charge in [0.25, 0.3) is 0 Å². The van der Waals surface area contributed by atoms with Crippen LogP contribution in [0.1, 0.15) is 83.1 Å². The number of allylic oxidation sites excluding steroid dienone is 4. The fraction of sp³-hybridized carbons (Fsp3) is 0.370. The molecule has 0 aliphatic heterocycles. The maximum Gasteiger partial charge on any atom is -1.00 e. The van der Waals surface area contributed by atoms with Gasteiger partial charge in [-0.25, -0.2) is 0 Å². The van der Waals surface area contributed by atoms with E-state index in [0.717, 1.165) is 0 Å². The molecule has 2 aromatic carbocycles. The predicted molar refractivity (Wildman–Crippen MR) is 120 cm³/mol. The van der Waals surface area contributed by atoms with E-state index in [4.69, 9.17) is 4.82 Å². The zero-order valence-electron chi connectivity index (χ0n) is 18.1. The van der Waals surface area contributed by atoms with E-state index in [-0.39, 0.29) is 24.8 Å². The molecule has 0 aromatic heterocycles. The van der Waals surface area contributed by atoms with Crippen molar-refractivity contribution < 1.29 is 42.2 Å². The van der Waals surface area contributed by atoms with Gasteiger partial charge in [0.15, 0.2) is 0 Å². The third kappa shape index (κ3) is 4.94. The molecule has 2 atom stereocenters. The topological polar surface area (TPSA) is 0 Å². The van der Waals surface area contributed by atoms with Gasteiger partial charge in [0, 0.05) is 0 Å². The van der Waals surface area contributed by atoms with Crippen molar-refractivity contribution in [2.24, 2.45) is 0 Å². The molecule has 30 heavy (non-hydrogen) atoms. The van der Waals surface area contributed by atoms with Crippen LogP contribution in [0.4, 0.5) is 0 Å². The summed E-state index contributed by atoms with van der Waals surface area (Å²) in [5, 5.41) is 0. The molecule has 3 heteroatoms.